The minimum Gasteiger partial charge on any atom is -0.491 e. The Balaban J connectivity index is 1.52. The molecule has 1 N–H and O–H groups in total. The molecule has 0 atom stereocenters. The van der Waals surface area contributed by atoms with Crippen LogP contribution in [0.15, 0.2) is 47.8 Å². The molecule has 0 aliphatic heterocycles. The van der Waals surface area contributed by atoms with Crippen LogP contribution in [0.4, 0.5) is 28.4 Å². The van der Waals surface area contributed by atoms with Crippen molar-refractivity contribution in [1.29, 1.82) is 5.26 Å². The molecule has 1 aliphatic carbocycles. The van der Waals surface area contributed by atoms with E-state index in [-0.39, 0.29) is 17.8 Å². The Morgan fingerprint density at radius 2 is 1.94 bits per heavy atom. The molecule has 0 amide bonds. The van der Waals surface area contributed by atoms with Gasteiger partial charge in [0.1, 0.15) is 25.1 Å². The van der Waals surface area contributed by atoms with Gasteiger partial charge in [0.25, 0.3) is 0 Å². The number of benzene rings is 2. The molecule has 1 fully saturated rings. The van der Waals surface area contributed by atoms with Crippen molar-refractivity contribution in [2.75, 3.05) is 18.6 Å². The monoisotopic (exact) mass is 500 g/mol. The Hall–Kier alpha value is -3.58. The van der Waals surface area contributed by atoms with Crippen LogP contribution in [0.25, 0.3) is 22.2 Å². The molecule has 5 rings (SSSR count). The van der Waals surface area contributed by atoms with E-state index >= 15 is 0 Å². The highest BCUT2D eigenvalue weighted by Gasteiger charge is 2.34. The van der Waals surface area contributed by atoms with E-state index < -0.39 is 18.5 Å². The molecule has 2 heterocycles. The maximum atomic E-state index is 12.8. The zero-order valence-electron chi connectivity index (χ0n) is 18.4. The summed E-state index contributed by atoms with van der Waals surface area (Å²) in [6.45, 7) is -0.624. The zero-order chi connectivity index (χ0) is 24.6. The fraction of sp³-hybridized carbons (Fsp3) is 0.280. The standard InChI is InChI=1S/C25H20F4N4OS/c26-10-11-34-18-8-9-19-20(13-30)23(33(21(19)12-18)17-2-1-3-17)15-4-6-16(7-5-15)31-24-32-22(14-35-24)25(27,28)29/h4-9,12,14,17H,1-3,10-11H2,(H,31,32). The molecule has 1 saturated carbocycles. The summed E-state index contributed by atoms with van der Waals surface area (Å²) in [4.78, 5) is 3.60. The molecule has 0 bridgehead atoms. The number of aromatic nitrogens is 2. The smallest absolute Gasteiger partial charge is 0.434 e. The number of hydrogen-bond donors (Lipinski definition) is 1. The molecule has 2 aromatic heterocycles. The molecule has 2 aromatic carbocycles. The number of alkyl halides is 4. The van der Waals surface area contributed by atoms with Gasteiger partial charge >= 0.3 is 6.18 Å². The molecule has 0 unspecified atom stereocenters. The molecule has 1 aliphatic rings. The summed E-state index contributed by atoms with van der Waals surface area (Å²) in [5, 5.41) is 14.9. The van der Waals surface area contributed by atoms with E-state index in [1.165, 1.54) is 0 Å². The Bertz CT molecular complexity index is 1400. The van der Waals surface area contributed by atoms with Crippen molar-refractivity contribution >= 4 is 33.1 Å². The summed E-state index contributed by atoms with van der Waals surface area (Å²) in [6, 6.07) is 15.2. The number of nitrogens with one attached hydrogen (secondary N) is 1. The van der Waals surface area contributed by atoms with Gasteiger partial charge in [-0.25, -0.2) is 9.37 Å². The highest BCUT2D eigenvalue weighted by atomic mass is 32.1. The first kappa shape index (κ1) is 23.2. The third kappa shape index (κ3) is 4.44. The van der Waals surface area contributed by atoms with E-state index in [1.54, 1.807) is 18.2 Å². The molecular formula is C25H20F4N4OS. The number of fused-ring (bicyclic) bond motifs is 1. The van der Waals surface area contributed by atoms with Gasteiger partial charge in [-0.15, -0.1) is 11.3 Å². The summed E-state index contributed by atoms with van der Waals surface area (Å²) in [5.41, 5.74) is 2.66. The largest absolute Gasteiger partial charge is 0.491 e. The van der Waals surface area contributed by atoms with Gasteiger partial charge in [-0.2, -0.15) is 18.4 Å². The molecule has 35 heavy (non-hydrogen) atoms. The first-order chi connectivity index (χ1) is 16.9. The number of anilines is 2. The lowest BCUT2D eigenvalue weighted by Gasteiger charge is -2.30. The number of thiazole rings is 1. The quantitative estimate of drug-likeness (QED) is 0.267. The summed E-state index contributed by atoms with van der Waals surface area (Å²) in [6.07, 6.45) is -1.41. The minimum atomic E-state index is -4.49. The maximum Gasteiger partial charge on any atom is 0.434 e. The summed E-state index contributed by atoms with van der Waals surface area (Å²) in [5.74, 6) is 0.547. The van der Waals surface area contributed by atoms with Crippen molar-refractivity contribution in [3.63, 3.8) is 0 Å². The zero-order valence-corrected chi connectivity index (χ0v) is 19.2. The molecule has 0 saturated heterocycles. The molecule has 0 spiro atoms. The van der Waals surface area contributed by atoms with Crippen LogP contribution in [0, 0.1) is 11.3 Å². The van der Waals surface area contributed by atoms with Gasteiger partial charge in [0.2, 0.25) is 0 Å². The number of halogens is 4. The van der Waals surface area contributed by atoms with Crippen molar-refractivity contribution in [2.24, 2.45) is 0 Å². The van der Waals surface area contributed by atoms with Gasteiger partial charge in [-0.1, -0.05) is 12.1 Å². The summed E-state index contributed by atoms with van der Waals surface area (Å²) >= 11 is 0.880. The van der Waals surface area contributed by atoms with Crippen LogP contribution in [-0.4, -0.2) is 22.8 Å². The Morgan fingerprint density at radius 1 is 1.17 bits per heavy atom. The van der Waals surface area contributed by atoms with Crippen LogP contribution in [0.3, 0.4) is 0 Å². The molecule has 4 aromatic rings. The van der Waals surface area contributed by atoms with Gasteiger partial charge in [-0.3, -0.25) is 0 Å². The normalized spacial score (nSPS) is 14.0. The average Bonchev–Trinajstić information content (AvgIpc) is 3.40. The molecular weight excluding hydrogens is 480 g/mol. The molecule has 180 valence electrons. The second-order valence-corrected chi connectivity index (χ2v) is 9.10. The van der Waals surface area contributed by atoms with Gasteiger partial charge in [-0.05, 0) is 49.1 Å². The fourth-order valence-corrected chi connectivity index (χ4v) is 4.99. The maximum absolute atomic E-state index is 12.8. The fourth-order valence-electron chi connectivity index (χ4n) is 4.25. The van der Waals surface area contributed by atoms with Crippen LogP contribution in [0.5, 0.6) is 5.75 Å². The Kier molecular flexibility index (Phi) is 6.11. The van der Waals surface area contributed by atoms with E-state index in [9.17, 15) is 22.8 Å². The van der Waals surface area contributed by atoms with Crippen molar-refractivity contribution in [1.82, 2.24) is 9.55 Å². The van der Waals surface area contributed by atoms with Crippen molar-refractivity contribution in [3.05, 3.63) is 59.1 Å². The van der Waals surface area contributed by atoms with E-state index in [0.717, 1.165) is 58.1 Å². The molecule has 0 radical (unpaired) electrons. The van der Waals surface area contributed by atoms with Crippen LogP contribution in [-0.2, 0) is 6.18 Å². The van der Waals surface area contributed by atoms with E-state index in [0.29, 0.717) is 17.0 Å². The van der Waals surface area contributed by atoms with Crippen LogP contribution < -0.4 is 10.1 Å². The highest BCUT2D eigenvalue weighted by Crippen LogP contribution is 2.43. The van der Waals surface area contributed by atoms with Crippen molar-refractivity contribution < 1.29 is 22.3 Å². The van der Waals surface area contributed by atoms with Gasteiger partial charge in [0.15, 0.2) is 10.8 Å². The van der Waals surface area contributed by atoms with Crippen LogP contribution in [0.1, 0.15) is 36.6 Å². The lowest BCUT2D eigenvalue weighted by Crippen LogP contribution is -2.17. The summed E-state index contributed by atoms with van der Waals surface area (Å²) in [7, 11) is 0. The van der Waals surface area contributed by atoms with Crippen LogP contribution >= 0.6 is 11.3 Å². The van der Waals surface area contributed by atoms with Crippen molar-refractivity contribution in [3.8, 4) is 23.1 Å². The lowest BCUT2D eigenvalue weighted by atomic mass is 9.92. The van der Waals surface area contributed by atoms with Gasteiger partial charge < -0.3 is 14.6 Å². The van der Waals surface area contributed by atoms with E-state index in [2.05, 4.69) is 20.9 Å². The number of ether oxygens (including phenoxy) is 1. The third-order valence-corrected chi connectivity index (χ3v) is 6.84. The number of hydrogen-bond acceptors (Lipinski definition) is 5. The predicted molar refractivity (Wildman–Crippen MR) is 127 cm³/mol. The molecule has 5 nitrogen and oxygen atoms in total. The lowest BCUT2D eigenvalue weighted by molar-refractivity contribution is -0.140. The molecule has 10 heteroatoms. The van der Waals surface area contributed by atoms with Gasteiger partial charge in [0.05, 0.1) is 16.8 Å². The SMILES string of the molecule is N#Cc1c(-c2ccc(Nc3nc(C(F)(F)F)cs3)cc2)n(C2CCC2)c2cc(OCCF)ccc12. The highest BCUT2D eigenvalue weighted by molar-refractivity contribution is 7.13. The first-order valence-corrected chi connectivity index (χ1v) is 11.9. The predicted octanol–water partition coefficient (Wildman–Crippen LogP) is 7.47. The second-order valence-electron chi connectivity index (χ2n) is 8.24. The average molecular weight is 501 g/mol. The van der Waals surface area contributed by atoms with Gasteiger partial charge in [0, 0.05) is 28.6 Å². The van der Waals surface area contributed by atoms with Crippen LogP contribution in [0.2, 0.25) is 0 Å². The van der Waals surface area contributed by atoms with E-state index in [1.807, 2.05) is 24.3 Å². The Morgan fingerprint density at radius 3 is 2.54 bits per heavy atom. The number of nitriles is 1. The second kappa shape index (κ2) is 9.23. The first-order valence-electron chi connectivity index (χ1n) is 11.1. The van der Waals surface area contributed by atoms with E-state index in [4.69, 9.17) is 4.74 Å². The number of rotatable bonds is 7. The topological polar surface area (TPSA) is 62.9 Å². The summed E-state index contributed by atoms with van der Waals surface area (Å²) < 4.78 is 58.7. The number of nitrogens with zero attached hydrogens (tertiary/aromatic N) is 3. The minimum absolute atomic E-state index is 0.0361. The third-order valence-electron chi connectivity index (χ3n) is 6.08. The van der Waals surface area contributed by atoms with Crippen molar-refractivity contribution in [2.45, 2.75) is 31.5 Å². The Labute approximate surface area is 202 Å².